The third-order valence-corrected chi connectivity index (χ3v) is 3.29. The molecule has 4 N–H and O–H groups in total. The number of aliphatic hydroxyl groups is 1. The van der Waals surface area contributed by atoms with E-state index in [-0.39, 0.29) is 12.6 Å². The summed E-state index contributed by atoms with van der Waals surface area (Å²) in [6, 6.07) is 16.9. The number of nitrogens with zero attached hydrogens (tertiary/aromatic N) is 2. The molecular formula is C16H16N4O. The first-order valence-corrected chi connectivity index (χ1v) is 6.72. The maximum atomic E-state index is 9.59. The van der Waals surface area contributed by atoms with Crippen LogP contribution in [0.15, 0.2) is 54.6 Å². The maximum Gasteiger partial charge on any atom is 0.170 e. The standard InChI is InChI=1S/C16H16N4O/c17-15-16(19-13-9-5-4-8-12(13)18-15)20-14(10-21)11-6-2-1-3-7-11/h1-9,14,21H,10H2,(H2,17,18)(H,19,20). The minimum absolute atomic E-state index is 0.0576. The van der Waals surface area contributed by atoms with Gasteiger partial charge in [0.25, 0.3) is 0 Å². The highest BCUT2D eigenvalue weighted by Crippen LogP contribution is 2.23. The third-order valence-electron chi connectivity index (χ3n) is 3.29. The van der Waals surface area contributed by atoms with E-state index in [1.807, 2.05) is 54.6 Å². The average molecular weight is 280 g/mol. The zero-order valence-corrected chi connectivity index (χ0v) is 11.4. The lowest BCUT2D eigenvalue weighted by atomic mass is 10.1. The van der Waals surface area contributed by atoms with Crippen molar-refractivity contribution in [3.8, 4) is 0 Å². The van der Waals surface area contributed by atoms with Gasteiger partial charge in [-0.3, -0.25) is 0 Å². The summed E-state index contributed by atoms with van der Waals surface area (Å²) in [5.74, 6) is 0.805. The number of aromatic nitrogens is 2. The predicted molar refractivity (Wildman–Crippen MR) is 83.8 cm³/mol. The van der Waals surface area contributed by atoms with Gasteiger partial charge in [0, 0.05) is 0 Å². The van der Waals surface area contributed by atoms with Gasteiger partial charge in [-0.25, -0.2) is 9.97 Å². The highest BCUT2D eigenvalue weighted by molar-refractivity contribution is 5.79. The molecule has 0 spiro atoms. The van der Waals surface area contributed by atoms with Crippen LogP contribution in [0.1, 0.15) is 11.6 Å². The number of nitrogens with one attached hydrogen (secondary N) is 1. The molecule has 106 valence electrons. The Balaban J connectivity index is 1.95. The van der Waals surface area contributed by atoms with Gasteiger partial charge in [-0.15, -0.1) is 0 Å². The van der Waals surface area contributed by atoms with Crippen molar-refractivity contribution in [2.45, 2.75) is 6.04 Å². The Morgan fingerprint density at radius 2 is 1.57 bits per heavy atom. The molecule has 0 saturated carbocycles. The lowest BCUT2D eigenvalue weighted by molar-refractivity contribution is 0.276. The number of rotatable bonds is 4. The molecule has 0 aliphatic rings. The van der Waals surface area contributed by atoms with Crippen molar-refractivity contribution in [2.24, 2.45) is 0 Å². The molecule has 1 unspecified atom stereocenters. The van der Waals surface area contributed by atoms with Crippen molar-refractivity contribution in [2.75, 3.05) is 17.7 Å². The molecule has 0 bridgehead atoms. The first-order chi connectivity index (χ1) is 10.3. The largest absolute Gasteiger partial charge is 0.394 e. The van der Waals surface area contributed by atoms with Crippen molar-refractivity contribution in [1.82, 2.24) is 9.97 Å². The van der Waals surface area contributed by atoms with Crippen LogP contribution >= 0.6 is 0 Å². The quantitative estimate of drug-likeness (QED) is 0.683. The van der Waals surface area contributed by atoms with Gasteiger partial charge in [0.05, 0.1) is 23.7 Å². The van der Waals surface area contributed by atoms with E-state index in [4.69, 9.17) is 5.73 Å². The van der Waals surface area contributed by atoms with E-state index in [1.165, 1.54) is 0 Å². The highest BCUT2D eigenvalue weighted by Gasteiger charge is 2.13. The number of hydrogen-bond donors (Lipinski definition) is 3. The Kier molecular flexibility index (Phi) is 3.66. The topological polar surface area (TPSA) is 84.1 Å². The smallest absolute Gasteiger partial charge is 0.170 e. The van der Waals surface area contributed by atoms with Gasteiger partial charge in [-0.05, 0) is 17.7 Å². The molecule has 1 atom stereocenters. The van der Waals surface area contributed by atoms with Crippen molar-refractivity contribution >= 4 is 22.7 Å². The van der Waals surface area contributed by atoms with Gasteiger partial charge < -0.3 is 16.2 Å². The zero-order valence-electron chi connectivity index (χ0n) is 11.4. The predicted octanol–water partition coefficient (Wildman–Crippen LogP) is 2.36. The summed E-state index contributed by atoms with van der Waals surface area (Å²) in [7, 11) is 0. The van der Waals surface area contributed by atoms with Crippen molar-refractivity contribution in [3.63, 3.8) is 0 Å². The van der Waals surface area contributed by atoms with Gasteiger partial charge in [0.2, 0.25) is 0 Å². The van der Waals surface area contributed by atoms with Crippen LogP contribution in [0.5, 0.6) is 0 Å². The summed E-state index contributed by atoms with van der Waals surface area (Å²) in [5.41, 5.74) is 8.43. The van der Waals surface area contributed by atoms with Crippen LogP contribution in [-0.2, 0) is 0 Å². The van der Waals surface area contributed by atoms with Crippen molar-refractivity contribution in [3.05, 3.63) is 60.2 Å². The first-order valence-electron chi connectivity index (χ1n) is 6.72. The van der Waals surface area contributed by atoms with Crippen LogP contribution in [0.4, 0.5) is 11.6 Å². The monoisotopic (exact) mass is 280 g/mol. The number of benzene rings is 2. The van der Waals surface area contributed by atoms with E-state index in [0.717, 1.165) is 16.6 Å². The van der Waals surface area contributed by atoms with Crippen molar-refractivity contribution < 1.29 is 5.11 Å². The zero-order chi connectivity index (χ0) is 14.7. The molecule has 21 heavy (non-hydrogen) atoms. The van der Waals surface area contributed by atoms with E-state index in [0.29, 0.717) is 11.6 Å². The molecular weight excluding hydrogens is 264 g/mol. The Hall–Kier alpha value is -2.66. The molecule has 0 fully saturated rings. The summed E-state index contributed by atoms with van der Waals surface area (Å²) < 4.78 is 0. The van der Waals surface area contributed by atoms with Gasteiger partial charge >= 0.3 is 0 Å². The van der Waals surface area contributed by atoms with Crippen LogP contribution in [0.25, 0.3) is 11.0 Å². The molecule has 0 aliphatic heterocycles. The van der Waals surface area contributed by atoms with Gasteiger partial charge in [0.15, 0.2) is 11.6 Å². The normalized spacial score (nSPS) is 12.2. The van der Waals surface area contributed by atoms with E-state index in [1.54, 1.807) is 0 Å². The Bertz CT molecular complexity index is 746. The Morgan fingerprint density at radius 3 is 2.24 bits per heavy atom. The summed E-state index contributed by atoms with van der Waals surface area (Å²) in [6.07, 6.45) is 0. The minimum atomic E-state index is -0.274. The number of aliphatic hydroxyl groups excluding tert-OH is 1. The molecule has 3 aromatic rings. The summed E-state index contributed by atoms with van der Waals surface area (Å²) in [4.78, 5) is 8.81. The second-order valence-electron chi connectivity index (χ2n) is 4.74. The molecule has 1 heterocycles. The van der Waals surface area contributed by atoms with Crippen LogP contribution < -0.4 is 11.1 Å². The van der Waals surface area contributed by atoms with Crippen LogP contribution in [0, 0.1) is 0 Å². The second-order valence-corrected chi connectivity index (χ2v) is 4.74. The van der Waals surface area contributed by atoms with E-state index >= 15 is 0 Å². The fourth-order valence-electron chi connectivity index (χ4n) is 2.20. The number of nitrogen functional groups attached to an aromatic ring is 1. The Labute approximate surface area is 122 Å². The second kappa shape index (κ2) is 5.76. The average Bonchev–Trinajstić information content (AvgIpc) is 2.53. The molecule has 3 rings (SSSR count). The molecule has 0 aliphatic carbocycles. The number of para-hydroxylation sites is 2. The van der Waals surface area contributed by atoms with Gasteiger partial charge in [0.1, 0.15) is 0 Å². The number of nitrogens with two attached hydrogens (primary N) is 1. The van der Waals surface area contributed by atoms with Crippen LogP contribution in [0.2, 0.25) is 0 Å². The molecule has 2 aromatic carbocycles. The minimum Gasteiger partial charge on any atom is -0.394 e. The molecule has 5 nitrogen and oxygen atoms in total. The van der Waals surface area contributed by atoms with Gasteiger partial charge in [-0.1, -0.05) is 42.5 Å². The molecule has 0 saturated heterocycles. The Morgan fingerprint density at radius 1 is 0.952 bits per heavy atom. The highest BCUT2D eigenvalue weighted by atomic mass is 16.3. The molecule has 1 aromatic heterocycles. The van der Waals surface area contributed by atoms with Crippen LogP contribution in [-0.4, -0.2) is 21.7 Å². The third kappa shape index (κ3) is 2.78. The maximum absolute atomic E-state index is 9.59. The summed E-state index contributed by atoms with van der Waals surface area (Å²) in [5, 5.41) is 12.8. The van der Waals surface area contributed by atoms with E-state index < -0.39 is 0 Å². The number of fused-ring (bicyclic) bond motifs is 1. The molecule has 0 amide bonds. The fraction of sp³-hybridized carbons (Fsp3) is 0.125. The SMILES string of the molecule is Nc1nc2ccccc2nc1NC(CO)c1ccccc1. The lowest BCUT2D eigenvalue weighted by Gasteiger charge is -2.18. The van der Waals surface area contributed by atoms with E-state index in [2.05, 4.69) is 15.3 Å². The van der Waals surface area contributed by atoms with Crippen LogP contribution in [0.3, 0.4) is 0 Å². The number of hydrogen-bond acceptors (Lipinski definition) is 5. The number of anilines is 2. The van der Waals surface area contributed by atoms with Gasteiger partial charge in [-0.2, -0.15) is 0 Å². The van der Waals surface area contributed by atoms with E-state index in [9.17, 15) is 5.11 Å². The molecule has 0 radical (unpaired) electrons. The summed E-state index contributed by atoms with van der Waals surface area (Å²) in [6.45, 7) is -0.0576. The lowest BCUT2D eigenvalue weighted by Crippen LogP contribution is -2.17. The fourth-order valence-corrected chi connectivity index (χ4v) is 2.20. The summed E-state index contributed by atoms with van der Waals surface area (Å²) >= 11 is 0. The first kappa shape index (κ1) is 13.3. The molecule has 5 heteroatoms. The van der Waals surface area contributed by atoms with Crippen molar-refractivity contribution in [1.29, 1.82) is 0 Å².